The summed E-state index contributed by atoms with van der Waals surface area (Å²) in [5.41, 5.74) is 2.44. The predicted octanol–water partition coefficient (Wildman–Crippen LogP) is 2.86. The van der Waals surface area contributed by atoms with Crippen molar-refractivity contribution in [1.29, 1.82) is 0 Å². The number of hydrogen-bond acceptors (Lipinski definition) is 3. The Bertz CT molecular complexity index is 634. The molecule has 0 unspecified atom stereocenters. The Morgan fingerprint density at radius 2 is 2.14 bits per heavy atom. The van der Waals surface area contributed by atoms with E-state index in [0.717, 1.165) is 11.3 Å². The molecule has 6 heteroatoms. The molecule has 2 heterocycles. The molecular weight excluding hydrogens is 288 g/mol. The van der Waals surface area contributed by atoms with Gasteiger partial charge in [0.25, 0.3) is 5.91 Å². The highest BCUT2D eigenvalue weighted by molar-refractivity contribution is 6.29. The lowest BCUT2D eigenvalue weighted by atomic mass is 10.1. The van der Waals surface area contributed by atoms with Crippen LogP contribution < -0.4 is 0 Å². The molecule has 0 aliphatic rings. The molecule has 0 aliphatic carbocycles. The van der Waals surface area contributed by atoms with Gasteiger partial charge in [0.1, 0.15) is 10.8 Å². The van der Waals surface area contributed by atoms with Crippen molar-refractivity contribution >= 4 is 17.5 Å². The van der Waals surface area contributed by atoms with Gasteiger partial charge in [-0.25, -0.2) is 4.98 Å². The number of carbonyl (C=O) groups is 1. The third kappa shape index (κ3) is 3.61. The zero-order valence-corrected chi connectivity index (χ0v) is 13.4. The van der Waals surface area contributed by atoms with Gasteiger partial charge in [-0.2, -0.15) is 5.10 Å². The van der Waals surface area contributed by atoms with Crippen LogP contribution in [0, 0.1) is 0 Å². The second kappa shape index (κ2) is 6.26. The Morgan fingerprint density at radius 3 is 2.67 bits per heavy atom. The maximum atomic E-state index is 12.5. The molecule has 0 atom stereocenters. The molecule has 0 N–H and O–H groups in total. The summed E-state index contributed by atoms with van der Waals surface area (Å²) in [7, 11) is 3.55. The highest BCUT2D eigenvalue weighted by atomic mass is 35.5. The second-order valence-corrected chi connectivity index (χ2v) is 5.77. The smallest absolute Gasteiger partial charge is 0.272 e. The fourth-order valence-electron chi connectivity index (χ4n) is 2.01. The zero-order chi connectivity index (χ0) is 15.6. The summed E-state index contributed by atoms with van der Waals surface area (Å²) < 4.78 is 1.63. The molecule has 0 aromatic carbocycles. The highest BCUT2D eigenvalue weighted by Crippen LogP contribution is 2.16. The first-order valence-electron chi connectivity index (χ1n) is 6.78. The molecule has 2 rings (SSSR count). The number of nitrogens with zero attached hydrogens (tertiary/aromatic N) is 4. The normalized spacial score (nSPS) is 11.0. The van der Waals surface area contributed by atoms with Gasteiger partial charge >= 0.3 is 0 Å². The Morgan fingerprint density at radius 1 is 1.43 bits per heavy atom. The number of aryl methyl sites for hydroxylation is 1. The molecule has 0 bridgehead atoms. The Labute approximate surface area is 129 Å². The Kier molecular flexibility index (Phi) is 4.63. The Balaban J connectivity index is 2.13. The van der Waals surface area contributed by atoms with E-state index in [1.54, 1.807) is 35.9 Å². The molecule has 2 aromatic rings. The summed E-state index contributed by atoms with van der Waals surface area (Å²) in [6.45, 7) is 4.59. The maximum Gasteiger partial charge on any atom is 0.272 e. The number of amides is 1. The van der Waals surface area contributed by atoms with Gasteiger partial charge in [-0.1, -0.05) is 31.5 Å². The van der Waals surface area contributed by atoms with Crippen molar-refractivity contribution in [3.63, 3.8) is 0 Å². The van der Waals surface area contributed by atoms with Crippen LogP contribution in [0.2, 0.25) is 5.15 Å². The van der Waals surface area contributed by atoms with E-state index >= 15 is 0 Å². The van der Waals surface area contributed by atoms with Gasteiger partial charge in [0.2, 0.25) is 0 Å². The van der Waals surface area contributed by atoms with Crippen LogP contribution in [0.4, 0.5) is 0 Å². The first-order chi connectivity index (χ1) is 9.88. The van der Waals surface area contributed by atoms with Crippen molar-refractivity contribution in [3.8, 4) is 0 Å². The van der Waals surface area contributed by atoms with Crippen LogP contribution in [0.25, 0.3) is 0 Å². The first kappa shape index (κ1) is 15.5. The van der Waals surface area contributed by atoms with Gasteiger partial charge in [0.05, 0.1) is 5.69 Å². The van der Waals surface area contributed by atoms with Crippen LogP contribution in [0.3, 0.4) is 0 Å². The van der Waals surface area contributed by atoms with Crippen molar-refractivity contribution < 1.29 is 4.79 Å². The van der Waals surface area contributed by atoms with E-state index in [4.69, 9.17) is 11.6 Å². The van der Waals surface area contributed by atoms with Crippen LogP contribution >= 0.6 is 11.6 Å². The lowest BCUT2D eigenvalue weighted by Crippen LogP contribution is -2.28. The molecule has 2 aromatic heterocycles. The van der Waals surface area contributed by atoms with E-state index in [1.165, 1.54) is 0 Å². The zero-order valence-electron chi connectivity index (χ0n) is 12.7. The molecule has 112 valence electrons. The van der Waals surface area contributed by atoms with Gasteiger partial charge in [-0.3, -0.25) is 9.48 Å². The summed E-state index contributed by atoms with van der Waals surface area (Å²) in [6, 6.07) is 5.43. The quantitative estimate of drug-likeness (QED) is 0.816. The summed E-state index contributed by atoms with van der Waals surface area (Å²) in [4.78, 5) is 18.2. The summed E-state index contributed by atoms with van der Waals surface area (Å²) in [6.07, 6.45) is 1.68. The van der Waals surface area contributed by atoms with Crippen molar-refractivity contribution in [3.05, 3.63) is 46.5 Å². The minimum absolute atomic E-state index is 0.0631. The van der Waals surface area contributed by atoms with E-state index < -0.39 is 0 Å². The molecule has 0 radical (unpaired) electrons. The molecule has 5 nitrogen and oxygen atoms in total. The fourth-order valence-corrected chi connectivity index (χ4v) is 2.12. The first-order valence-corrected chi connectivity index (χ1v) is 7.16. The van der Waals surface area contributed by atoms with E-state index in [9.17, 15) is 4.79 Å². The van der Waals surface area contributed by atoms with Crippen LogP contribution in [0.5, 0.6) is 0 Å². The minimum atomic E-state index is -0.0631. The number of hydrogen-bond donors (Lipinski definition) is 0. The summed E-state index contributed by atoms with van der Waals surface area (Å²) in [5, 5.41) is 4.82. The van der Waals surface area contributed by atoms with Gasteiger partial charge in [0, 0.05) is 26.8 Å². The van der Waals surface area contributed by atoms with Crippen molar-refractivity contribution in [2.24, 2.45) is 7.05 Å². The number of carbonyl (C=O) groups excluding carboxylic acids is 1. The summed E-state index contributed by atoms with van der Waals surface area (Å²) in [5.74, 6) is 0.232. The minimum Gasteiger partial charge on any atom is -0.336 e. The van der Waals surface area contributed by atoms with E-state index in [2.05, 4.69) is 23.9 Å². The molecule has 0 fully saturated rings. The van der Waals surface area contributed by atoms with Gasteiger partial charge in [0.15, 0.2) is 0 Å². The number of rotatable bonds is 4. The Hall–Kier alpha value is -1.88. The number of aromatic nitrogens is 3. The monoisotopic (exact) mass is 306 g/mol. The molecule has 0 spiro atoms. The lowest BCUT2D eigenvalue weighted by molar-refractivity contribution is 0.0774. The van der Waals surface area contributed by atoms with E-state index in [-0.39, 0.29) is 5.91 Å². The van der Waals surface area contributed by atoms with Crippen molar-refractivity contribution in [2.75, 3.05) is 7.05 Å². The maximum absolute atomic E-state index is 12.5. The third-order valence-corrected chi connectivity index (χ3v) is 3.49. The average Bonchev–Trinajstić information content (AvgIpc) is 2.82. The largest absolute Gasteiger partial charge is 0.336 e. The van der Waals surface area contributed by atoms with Crippen molar-refractivity contribution in [2.45, 2.75) is 26.3 Å². The second-order valence-electron chi connectivity index (χ2n) is 5.38. The molecular formula is C15H19ClN4O. The predicted molar refractivity (Wildman–Crippen MR) is 82.3 cm³/mol. The van der Waals surface area contributed by atoms with Gasteiger partial charge < -0.3 is 4.90 Å². The SMILES string of the molecule is CC(C)c1cc(C(=O)N(C)Cc2ccc(Cl)nc2)n(C)n1. The fraction of sp³-hybridized carbons (Fsp3) is 0.400. The molecule has 0 aliphatic heterocycles. The van der Waals surface area contributed by atoms with E-state index in [1.807, 2.05) is 12.1 Å². The molecule has 0 saturated heterocycles. The van der Waals surface area contributed by atoms with Gasteiger partial charge in [-0.05, 0) is 23.6 Å². The summed E-state index contributed by atoms with van der Waals surface area (Å²) >= 11 is 5.76. The van der Waals surface area contributed by atoms with E-state index in [0.29, 0.717) is 23.3 Å². The third-order valence-electron chi connectivity index (χ3n) is 3.26. The number of halogens is 1. The lowest BCUT2D eigenvalue weighted by Gasteiger charge is -2.17. The van der Waals surface area contributed by atoms with Crippen molar-refractivity contribution in [1.82, 2.24) is 19.7 Å². The van der Waals surface area contributed by atoms with Crippen LogP contribution in [0.15, 0.2) is 24.4 Å². The van der Waals surface area contributed by atoms with Crippen LogP contribution in [0.1, 0.15) is 41.5 Å². The number of pyridine rings is 1. The van der Waals surface area contributed by atoms with Gasteiger partial charge in [-0.15, -0.1) is 0 Å². The molecule has 0 saturated carbocycles. The topological polar surface area (TPSA) is 51.0 Å². The molecule has 21 heavy (non-hydrogen) atoms. The standard InChI is InChI=1S/C15H19ClN4O/c1-10(2)12-7-13(20(4)18-12)15(21)19(3)9-11-5-6-14(16)17-8-11/h5-8,10H,9H2,1-4H3. The van der Waals surface area contributed by atoms with Crippen LogP contribution in [-0.4, -0.2) is 32.6 Å². The highest BCUT2D eigenvalue weighted by Gasteiger charge is 2.18. The van der Waals surface area contributed by atoms with Crippen LogP contribution in [-0.2, 0) is 13.6 Å². The average molecular weight is 307 g/mol. The molecule has 1 amide bonds.